The van der Waals surface area contributed by atoms with E-state index < -0.39 is 29.7 Å². The van der Waals surface area contributed by atoms with Crippen LogP contribution in [0.25, 0.3) is 0 Å². The molecular formula is C14H9F3O. The lowest BCUT2D eigenvalue weighted by molar-refractivity contribution is 0.0986. The first-order valence-corrected chi connectivity index (χ1v) is 5.30. The molecule has 92 valence electrons. The van der Waals surface area contributed by atoms with E-state index in [4.69, 9.17) is 0 Å². The average molecular weight is 250 g/mol. The molecule has 0 spiro atoms. The van der Waals surface area contributed by atoms with Crippen LogP contribution in [0.3, 0.4) is 0 Å². The lowest BCUT2D eigenvalue weighted by Gasteiger charge is -2.05. The Morgan fingerprint density at radius 3 is 2.00 bits per heavy atom. The zero-order valence-corrected chi connectivity index (χ0v) is 9.29. The predicted molar refractivity (Wildman–Crippen MR) is 60.8 cm³/mol. The summed E-state index contributed by atoms with van der Waals surface area (Å²) < 4.78 is 40.0. The van der Waals surface area contributed by atoms with Crippen molar-refractivity contribution in [1.29, 1.82) is 0 Å². The third-order valence-corrected chi connectivity index (χ3v) is 2.57. The Bertz CT molecular complexity index is 573. The van der Waals surface area contributed by atoms with Crippen LogP contribution >= 0.6 is 0 Å². The fourth-order valence-electron chi connectivity index (χ4n) is 1.64. The van der Waals surface area contributed by atoms with E-state index in [1.54, 1.807) is 0 Å². The van der Waals surface area contributed by atoms with Crippen molar-refractivity contribution >= 4 is 5.78 Å². The van der Waals surface area contributed by atoms with Crippen molar-refractivity contribution in [1.82, 2.24) is 0 Å². The van der Waals surface area contributed by atoms with Gasteiger partial charge in [-0.1, -0.05) is 18.2 Å². The zero-order chi connectivity index (χ0) is 13.1. The van der Waals surface area contributed by atoms with Crippen molar-refractivity contribution in [3.05, 3.63) is 71.0 Å². The van der Waals surface area contributed by atoms with Gasteiger partial charge in [-0.25, -0.2) is 13.2 Å². The van der Waals surface area contributed by atoms with Gasteiger partial charge in [-0.2, -0.15) is 0 Å². The first-order chi connectivity index (χ1) is 8.59. The van der Waals surface area contributed by atoms with Gasteiger partial charge in [0.1, 0.15) is 17.5 Å². The highest BCUT2D eigenvalue weighted by Gasteiger charge is 2.16. The molecule has 1 nitrogen and oxygen atoms in total. The molecule has 0 unspecified atom stereocenters. The molecule has 0 amide bonds. The maximum absolute atomic E-state index is 13.3. The Kier molecular flexibility index (Phi) is 3.46. The topological polar surface area (TPSA) is 17.1 Å². The minimum atomic E-state index is -0.806. The Morgan fingerprint density at radius 1 is 0.833 bits per heavy atom. The van der Waals surface area contributed by atoms with E-state index in [1.807, 2.05) is 0 Å². The molecule has 0 bridgehead atoms. The summed E-state index contributed by atoms with van der Waals surface area (Å²) in [6.07, 6.45) is -0.501. The van der Waals surface area contributed by atoms with E-state index in [0.29, 0.717) is 0 Å². The third-order valence-electron chi connectivity index (χ3n) is 2.57. The number of rotatable bonds is 3. The van der Waals surface area contributed by atoms with Gasteiger partial charge in [0, 0.05) is 12.0 Å². The van der Waals surface area contributed by atoms with Crippen molar-refractivity contribution in [2.45, 2.75) is 6.42 Å². The monoisotopic (exact) mass is 250 g/mol. The van der Waals surface area contributed by atoms with Gasteiger partial charge in [0.05, 0.1) is 5.56 Å². The average Bonchev–Trinajstić information content (AvgIpc) is 2.34. The summed E-state index contributed by atoms with van der Waals surface area (Å²) >= 11 is 0. The first-order valence-electron chi connectivity index (χ1n) is 5.30. The minimum Gasteiger partial charge on any atom is -0.294 e. The highest BCUT2D eigenvalue weighted by atomic mass is 19.1. The molecule has 0 aliphatic rings. The number of Topliss-reactive ketones (excluding diaryl/α,β-unsaturated/α-hetero) is 1. The lowest BCUT2D eigenvalue weighted by Crippen LogP contribution is -2.09. The number of halogens is 3. The molecule has 2 aromatic rings. The van der Waals surface area contributed by atoms with Gasteiger partial charge in [0.2, 0.25) is 0 Å². The van der Waals surface area contributed by atoms with Gasteiger partial charge in [-0.3, -0.25) is 4.79 Å². The molecule has 0 N–H and O–H groups in total. The van der Waals surface area contributed by atoms with Crippen molar-refractivity contribution < 1.29 is 18.0 Å². The maximum Gasteiger partial charge on any atom is 0.170 e. The third kappa shape index (κ3) is 2.42. The highest BCUT2D eigenvalue weighted by molar-refractivity contribution is 5.97. The Balaban J connectivity index is 2.30. The molecular weight excluding hydrogens is 241 g/mol. The van der Waals surface area contributed by atoms with Crippen LogP contribution in [0.2, 0.25) is 0 Å². The number of hydrogen-bond donors (Lipinski definition) is 0. The molecule has 4 heteroatoms. The quantitative estimate of drug-likeness (QED) is 0.761. The summed E-state index contributed by atoms with van der Waals surface area (Å²) in [6.45, 7) is 0. The first kappa shape index (κ1) is 12.4. The van der Waals surface area contributed by atoms with E-state index in [9.17, 15) is 18.0 Å². The molecule has 0 aromatic heterocycles. The molecule has 18 heavy (non-hydrogen) atoms. The van der Waals surface area contributed by atoms with Gasteiger partial charge >= 0.3 is 0 Å². The number of hydrogen-bond acceptors (Lipinski definition) is 1. The van der Waals surface area contributed by atoms with Gasteiger partial charge in [-0.15, -0.1) is 0 Å². The molecule has 2 aromatic carbocycles. The van der Waals surface area contributed by atoms with Crippen LogP contribution in [-0.4, -0.2) is 5.78 Å². The van der Waals surface area contributed by atoms with Crippen molar-refractivity contribution in [3.8, 4) is 0 Å². The van der Waals surface area contributed by atoms with Crippen LogP contribution in [0.5, 0.6) is 0 Å². The van der Waals surface area contributed by atoms with Crippen LogP contribution in [0.1, 0.15) is 15.9 Å². The summed E-state index contributed by atoms with van der Waals surface area (Å²) in [4.78, 5) is 11.8. The second-order valence-corrected chi connectivity index (χ2v) is 3.78. The number of carbonyl (C=O) groups excluding carboxylic acids is 1. The van der Waals surface area contributed by atoms with Gasteiger partial charge in [-0.05, 0) is 24.3 Å². The predicted octanol–water partition coefficient (Wildman–Crippen LogP) is 3.53. The maximum atomic E-state index is 13.3. The fraction of sp³-hybridized carbons (Fsp3) is 0.0714. The highest BCUT2D eigenvalue weighted by Crippen LogP contribution is 2.16. The molecule has 2 rings (SSSR count). The van der Waals surface area contributed by atoms with Crippen LogP contribution in [-0.2, 0) is 6.42 Å². The molecule has 0 heterocycles. The van der Waals surface area contributed by atoms with E-state index in [2.05, 4.69) is 0 Å². The number of benzene rings is 2. The SMILES string of the molecule is O=C(Cc1c(F)cccc1F)c1ccccc1F. The van der Waals surface area contributed by atoms with E-state index in [-0.39, 0.29) is 11.1 Å². The molecule has 0 radical (unpaired) electrons. The lowest BCUT2D eigenvalue weighted by atomic mass is 10.0. The summed E-state index contributed by atoms with van der Waals surface area (Å²) in [6, 6.07) is 8.69. The van der Waals surface area contributed by atoms with E-state index >= 15 is 0 Å². The zero-order valence-electron chi connectivity index (χ0n) is 9.29. The summed E-state index contributed by atoms with van der Waals surface area (Å²) in [5.41, 5.74) is -0.508. The summed E-state index contributed by atoms with van der Waals surface area (Å²) in [7, 11) is 0. The smallest absolute Gasteiger partial charge is 0.170 e. The van der Waals surface area contributed by atoms with Gasteiger partial charge < -0.3 is 0 Å². The number of ketones is 1. The second kappa shape index (κ2) is 5.04. The standard InChI is InChI=1S/C14H9F3O/c15-11-5-2-1-4-9(11)14(18)8-10-12(16)6-3-7-13(10)17/h1-7H,8H2. The normalized spacial score (nSPS) is 10.4. The summed E-state index contributed by atoms with van der Waals surface area (Å²) in [5, 5.41) is 0. The summed E-state index contributed by atoms with van der Waals surface area (Å²) in [5.74, 6) is -2.96. The van der Waals surface area contributed by atoms with E-state index in [1.165, 1.54) is 24.3 Å². The minimum absolute atomic E-state index is 0.167. The van der Waals surface area contributed by atoms with E-state index in [0.717, 1.165) is 18.2 Å². The Morgan fingerprint density at radius 2 is 1.39 bits per heavy atom. The van der Waals surface area contributed by atoms with Crippen molar-refractivity contribution in [2.75, 3.05) is 0 Å². The van der Waals surface area contributed by atoms with Crippen LogP contribution in [0.4, 0.5) is 13.2 Å². The molecule has 0 fully saturated rings. The van der Waals surface area contributed by atoms with Crippen LogP contribution in [0.15, 0.2) is 42.5 Å². The molecule has 0 saturated heterocycles. The Hall–Kier alpha value is -2.10. The Labute approximate surface area is 102 Å². The second-order valence-electron chi connectivity index (χ2n) is 3.78. The van der Waals surface area contributed by atoms with Gasteiger partial charge in [0.25, 0.3) is 0 Å². The van der Waals surface area contributed by atoms with Crippen molar-refractivity contribution in [3.63, 3.8) is 0 Å². The molecule has 0 aliphatic carbocycles. The van der Waals surface area contributed by atoms with Crippen molar-refractivity contribution in [2.24, 2.45) is 0 Å². The molecule has 0 aliphatic heterocycles. The van der Waals surface area contributed by atoms with Crippen LogP contribution < -0.4 is 0 Å². The molecule has 0 saturated carbocycles. The fourth-order valence-corrected chi connectivity index (χ4v) is 1.64. The molecule has 0 atom stereocenters. The number of carbonyl (C=O) groups is 1. The van der Waals surface area contributed by atoms with Gasteiger partial charge in [0.15, 0.2) is 5.78 Å². The largest absolute Gasteiger partial charge is 0.294 e. The van der Waals surface area contributed by atoms with Crippen LogP contribution in [0, 0.1) is 17.5 Å².